The van der Waals surface area contributed by atoms with Crippen LogP contribution in [0.3, 0.4) is 0 Å². The first-order valence-electron chi connectivity index (χ1n) is 7.14. The topological polar surface area (TPSA) is 76.7 Å². The van der Waals surface area contributed by atoms with Gasteiger partial charge in [-0.3, -0.25) is 9.59 Å². The molecule has 2 N–H and O–H groups in total. The summed E-state index contributed by atoms with van der Waals surface area (Å²) in [4.78, 5) is 23.9. The second-order valence-electron chi connectivity index (χ2n) is 5.14. The number of fused-ring (bicyclic) bond motifs is 1. The highest BCUT2D eigenvalue weighted by Gasteiger charge is 2.23. The fourth-order valence-electron chi connectivity index (χ4n) is 2.23. The summed E-state index contributed by atoms with van der Waals surface area (Å²) < 4.78 is 10.5. The Kier molecular flexibility index (Phi) is 3.89. The summed E-state index contributed by atoms with van der Waals surface area (Å²) in [6, 6.07) is 11.9. The van der Waals surface area contributed by atoms with E-state index in [1.165, 1.54) is 0 Å². The number of rotatable bonds is 3. The quantitative estimate of drug-likeness (QED) is 0.913. The van der Waals surface area contributed by atoms with Crippen LogP contribution in [0.4, 0.5) is 11.4 Å². The highest BCUT2D eigenvalue weighted by molar-refractivity contribution is 6.05. The van der Waals surface area contributed by atoms with Crippen molar-refractivity contribution in [3.05, 3.63) is 48.0 Å². The maximum Gasteiger partial charge on any atom is 0.265 e. The van der Waals surface area contributed by atoms with Crippen molar-refractivity contribution in [2.75, 3.05) is 17.7 Å². The zero-order valence-corrected chi connectivity index (χ0v) is 12.8. The Labute approximate surface area is 133 Å². The lowest BCUT2D eigenvalue weighted by Crippen LogP contribution is -2.34. The molecule has 0 fully saturated rings. The van der Waals surface area contributed by atoms with Gasteiger partial charge in [-0.25, -0.2) is 0 Å². The van der Waals surface area contributed by atoms with Crippen LogP contribution in [-0.4, -0.2) is 25.0 Å². The number of ether oxygens (including phenoxy) is 2. The molecule has 0 radical (unpaired) electrons. The molecule has 2 aromatic carbocycles. The lowest BCUT2D eigenvalue weighted by atomic mass is 10.1. The van der Waals surface area contributed by atoms with Crippen molar-refractivity contribution >= 4 is 23.2 Å². The maximum absolute atomic E-state index is 12.2. The minimum Gasteiger partial charge on any atom is -0.497 e. The van der Waals surface area contributed by atoms with Gasteiger partial charge in [0.1, 0.15) is 11.5 Å². The molecule has 1 unspecified atom stereocenters. The lowest BCUT2D eigenvalue weighted by Gasteiger charge is -2.23. The smallest absolute Gasteiger partial charge is 0.265 e. The molecule has 0 spiro atoms. The molecule has 6 heteroatoms. The number of hydrogen-bond acceptors (Lipinski definition) is 4. The molecule has 2 amide bonds. The molecule has 0 aliphatic carbocycles. The predicted octanol–water partition coefficient (Wildman–Crippen LogP) is 2.67. The number of methoxy groups -OCH3 is 1. The van der Waals surface area contributed by atoms with Crippen molar-refractivity contribution < 1.29 is 19.1 Å². The number of benzene rings is 2. The summed E-state index contributed by atoms with van der Waals surface area (Å²) in [7, 11) is 1.57. The Hall–Kier alpha value is -3.02. The minimum atomic E-state index is -0.526. The lowest BCUT2D eigenvalue weighted by molar-refractivity contribution is -0.122. The molecule has 23 heavy (non-hydrogen) atoms. The van der Waals surface area contributed by atoms with Crippen LogP contribution >= 0.6 is 0 Å². The summed E-state index contributed by atoms with van der Waals surface area (Å²) in [5.41, 5.74) is 1.63. The van der Waals surface area contributed by atoms with Crippen LogP contribution in [0.25, 0.3) is 0 Å². The van der Waals surface area contributed by atoms with Crippen molar-refractivity contribution in [2.24, 2.45) is 0 Å². The van der Waals surface area contributed by atoms with Crippen molar-refractivity contribution in [3.8, 4) is 11.5 Å². The third-order valence-electron chi connectivity index (χ3n) is 3.52. The summed E-state index contributed by atoms with van der Waals surface area (Å²) in [5, 5.41) is 5.53. The van der Waals surface area contributed by atoms with Crippen LogP contribution in [0.15, 0.2) is 42.5 Å². The first-order valence-corrected chi connectivity index (χ1v) is 7.14. The largest absolute Gasteiger partial charge is 0.497 e. The molecule has 1 aliphatic heterocycles. The van der Waals surface area contributed by atoms with Gasteiger partial charge in [0, 0.05) is 11.3 Å². The van der Waals surface area contributed by atoms with E-state index in [1.807, 2.05) is 0 Å². The van der Waals surface area contributed by atoms with Gasteiger partial charge in [-0.15, -0.1) is 0 Å². The van der Waals surface area contributed by atoms with E-state index in [9.17, 15) is 9.59 Å². The molecule has 3 rings (SSSR count). The van der Waals surface area contributed by atoms with Gasteiger partial charge in [0.2, 0.25) is 0 Å². The highest BCUT2D eigenvalue weighted by atomic mass is 16.5. The molecule has 118 valence electrons. The number of hydrogen-bond donors (Lipinski definition) is 2. The second kappa shape index (κ2) is 6.00. The third kappa shape index (κ3) is 3.11. The number of amides is 2. The Morgan fingerprint density at radius 1 is 1.22 bits per heavy atom. The standard InChI is InChI=1S/C17H16N2O4/c1-10-16(20)19-14-9-12(5-8-15(14)23-10)18-17(21)11-3-6-13(22-2)7-4-11/h3-10H,1-2H3,(H,18,21)(H,19,20). The van der Waals surface area contributed by atoms with Crippen LogP contribution in [-0.2, 0) is 4.79 Å². The zero-order valence-electron chi connectivity index (χ0n) is 12.8. The van der Waals surface area contributed by atoms with E-state index in [2.05, 4.69) is 10.6 Å². The monoisotopic (exact) mass is 312 g/mol. The van der Waals surface area contributed by atoms with Crippen molar-refractivity contribution in [1.82, 2.24) is 0 Å². The molecule has 0 aromatic heterocycles. The van der Waals surface area contributed by atoms with Crippen LogP contribution in [0.1, 0.15) is 17.3 Å². The number of carbonyl (C=O) groups is 2. The van der Waals surface area contributed by atoms with Crippen molar-refractivity contribution in [3.63, 3.8) is 0 Å². The van der Waals surface area contributed by atoms with E-state index in [-0.39, 0.29) is 11.8 Å². The van der Waals surface area contributed by atoms with Gasteiger partial charge in [-0.05, 0) is 49.4 Å². The van der Waals surface area contributed by atoms with Gasteiger partial charge in [-0.1, -0.05) is 0 Å². The fourth-order valence-corrected chi connectivity index (χ4v) is 2.23. The van der Waals surface area contributed by atoms with Gasteiger partial charge >= 0.3 is 0 Å². The number of carbonyl (C=O) groups excluding carboxylic acids is 2. The molecular formula is C17H16N2O4. The van der Waals surface area contributed by atoms with Crippen molar-refractivity contribution in [2.45, 2.75) is 13.0 Å². The second-order valence-corrected chi connectivity index (χ2v) is 5.14. The Morgan fingerprint density at radius 2 is 1.96 bits per heavy atom. The maximum atomic E-state index is 12.2. The Bertz CT molecular complexity index is 756. The first-order chi connectivity index (χ1) is 11.1. The Balaban J connectivity index is 1.76. The number of nitrogens with one attached hydrogen (secondary N) is 2. The normalized spacial score (nSPS) is 15.9. The predicted molar refractivity (Wildman–Crippen MR) is 86.1 cm³/mol. The molecule has 0 bridgehead atoms. The van der Waals surface area contributed by atoms with E-state index in [1.54, 1.807) is 56.5 Å². The van der Waals surface area contributed by atoms with Crippen molar-refractivity contribution in [1.29, 1.82) is 0 Å². The van der Waals surface area contributed by atoms with E-state index < -0.39 is 6.10 Å². The van der Waals surface area contributed by atoms with E-state index >= 15 is 0 Å². The number of anilines is 2. The molecular weight excluding hydrogens is 296 g/mol. The Morgan fingerprint density at radius 3 is 2.65 bits per heavy atom. The minimum absolute atomic E-state index is 0.212. The van der Waals surface area contributed by atoms with Gasteiger partial charge in [0.05, 0.1) is 12.8 Å². The van der Waals surface area contributed by atoms with Gasteiger partial charge in [0.25, 0.3) is 11.8 Å². The molecule has 2 aromatic rings. The SMILES string of the molecule is COc1ccc(C(=O)Nc2ccc3c(c2)NC(=O)C(C)O3)cc1. The average Bonchev–Trinajstić information content (AvgIpc) is 2.56. The highest BCUT2D eigenvalue weighted by Crippen LogP contribution is 2.32. The molecule has 1 atom stereocenters. The van der Waals surface area contributed by atoms with Crippen LogP contribution < -0.4 is 20.1 Å². The molecule has 6 nitrogen and oxygen atoms in total. The van der Waals surface area contributed by atoms with E-state index in [0.717, 1.165) is 0 Å². The molecule has 0 saturated heterocycles. The van der Waals surface area contributed by atoms with Crippen LogP contribution in [0.5, 0.6) is 11.5 Å². The summed E-state index contributed by atoms with van der Waals surface area (Å²) in [6.45, 7) is 1.68. The first kappa shape index (κ1) is 14.9. The van der Waals surface area contributed by atoms with E-state index in [0.29, 0.717) is 28.4 Å². The molecule has 1 heterocycles. The van der Waals surface area contributed by atoms with E-state index in [4.69, 9.17) is 9.47 Å². The van der Waals surface area contributed by atoms with Gasteiger partial charge in [-0.2, -0.15) is 0 Å². The van der Waals surface area contributed by atoms with Gasteiger partial charge < -0.3 is 20.1 Å². The molecule has 0 saturated carbocycles. The van der Waals surface area contributed by atoms with Gasteiger partial charge in [0.15, 0.2) is 6.10 Å². The summed E-state index contributed by atoms with van der Waals surface area (Å²) in [5.74, 6) is 0.809. The summed E-state index contributed by atoms with van der Waals surface area (Å²) >= 11 is 0. The van der Waals surface area contributed by atoms with Crippen LogP contribution in [0.2, 0.25) is 0 Å². The van der Waals surface area contributed by atoms with Crippen LogP contribution in [0, 0.1) is 0 Å². The zero-order chi connectivity index (χ0) is 16.4. The summed E-state index contributed by atoms with van der Waals surface area (Å²) in [6.07, 6.45) is -0.526. The molecule has 1 aliphatic rings. The fraction of sp³-hybridized carbons (Fsp3) is 0.176. The average molecular weight is 312 g/mol. The third-order valence-corrected chi connectivity index (χ3v) is 3.52.